The molecule has 1 amide bonds. The highest BCUT2D eigenvalue weighted by Crippen LogP contribution is 2.55. The van der Waals surface area contributed by atoms with Gasteiger partial charge in [0, 0.05) is 53.9 Å². The average molecular weight is 565 g/mol. The first-order chi connectivity index (χ1) is 19.1. The van der Waals surface area contributed by atoms with Crippen LogP contribution in [0.3, 0.4) is 0 Å². The van der Waals surface area contributed by atoms with Crippen LogP contribution in [0.1, 0.15) is 62.9 Å². The molecule has 1 atom stereocenters. The van der Waals surface area contributed by atoms with Gasteiger partial charge in [-0.25, -0.2) is 0 Å². The van der Waals surface area contributed by atoms with Crippen molar-refractivity contribution in [2.24, 2.45) is 16.7 Å². The van der Waals surface area contributed by atoms with Crippen LogP contribution in [0.4, 0.5) is 5.69 Å². The van der Waals surface area contributed by atoms with Crippen LogP contribution in [0.25, 0.3) is 0 Å². The lowest BCUT2D eigenvalue weighted by atomic mass is 9.49. The molecule has 2 N–H and O–H groups in total. The second-order valence-electron chi connectivity index (χ2n) is 12.7. The quantitative estimate of drug-likeness (QED) is 0.445. The minimum absolute atomic E-state index is 0.0811. The molecule has 1 saturated carbocycles. The van der Waals surface area contributed by atoms with Crippen molar-refractivity contribution in [3.8, 4) is 11.8 Å². The number of nitriles is 1. The summed E-state index contributed by atoms with van der Waals surface area (Å²) in [7, 11) is 0. The highest BCUT2D eigenvalue weighted by Gasteiger charge is 2.64. The third-order valence-electron chi connectivity index (χ3n) is 9.10. The Bertz CT molecular complexity index is 1230. The van der Waals surface area contributed by atoms with E-state index in [0.29, 0.717) is 27.8 Å². The molecule has 2 aromatic rings. The molecule has 2 aromatic carbocycles. The van der Waals surface area contributed by atoms with E-state index in [1.165, 1.54) is 12.8 Å². The van der Waals surface area contributed by atoms with E-state index in [9.17, 15) is 4.79 Å². The zero-order valence-electron chi connectivity index (χ0n) is 24.0. The van der Waals surface area contributed by atoms with Crippen molar-refractivity contribution in [2.75, 3.05) is 37.7 Å². The van der Waals surface area contributed by atoms with Gasteiger partial charge in [-0.15, -0.1) is 0 Å². The monoisotopic (exact) mass is 564 g/mol. The van der Waals surface area contributed by atoms with Crippen molar-refractivity contribution < 1.29 is 14.3 Å². The third kappa shape index (κ3) is 5.81. The molecular formula is C32H41ClN4O3. The van der Waals surface area contributed by atoms with E-state index in [1.807, 2.05) is 24.3 Å². The number of hydrogen-bond donors (Lipinski definition) is 2. The summed E-state index contributed by atoms with van der Waals surface area (Å²) in [6.07, 6.45) is 3.58. The van der Waals surface area contributed by atoms with Crippen LogP contribution in [0.15, 0.2) is 42.5 Å². The summed E-state index contributed by atoms with van der Waals surface area (Å²) in [6, 6.07) is 15.0. The van der Waals surface area contributed by atoms with E-state index in [1.54, 1.807) is 18.2 Å². The number of nitrogens with zero attached hydrogens (tertiary/aromatic N) is 2. The normalized spacial score (nSPS) is 25.6. The van der Waals surface area contributed by atoms with Gasteiger partial charge in [0.1, 0.15) is 17.9 Å². The molecule has 7 nitrogen and oxygen atoms in total. The van der Waals surface area contributed by atoms with Crippen LogP contribution in [0.5, 0.6) is 5.75 Å². The van der Waals surface area contributed by atoms with Crippen molar-refractivity contribution in [1.29, 1.82) is 5.26 Å². The topological polar surface area (TPSA) is 86.6 Å². The molecule has 40 heavy (non-hydrogen) atoms. The Hall–Kier alpha value is -2.79. The van der Waals surface area contributed by atoms with Crippen molar-refractivity contribution in [3.05, 3.63) is 58.6 Å². The maximum absolute atomic E-state index is 13.3. The van der Waals surface area contributed by atoms with Crippen molar-refractivity contribution in [1.82, 2.24) is 10.6 Å². The predicted octanol–water partition coefficient (Wildman–Crippen LogP) is 5.42. The van der Waals surface area contributed by atoms with Crippen LogP contribution in [-0.2, 0) is 4.74 Å². The van der Waals surface area contributed by atoms with Crippen molar-refractivity contribution in [3.63, 3.8) is 0 Å². The van der Waals surface area contributed by atoms with Gasteiger partial charge in [0.25, 0.3) is 5.91 Å². The SMILES string of the molecule is CC1(C)C(NC(=O)c2ccc(N3CC[C@H](OCC4CCNCC4)C3)cc2)C(C)(C)C1Oc1ccc(C#N)c(Cl)c1. The van der Waals surface area contributed by atoms with E-state index in [4.69, 9.17) is 26.3 Å². The molecule has 2 aliphatic heterocycles. The molecule has 0 bridgehead atoms. The van der Waals surface area contributed by atoms with Crippen LogP contribution in [0.2, 0.25) is 5.02 Å². The summed E-state index contributed by atoms with van der Waals surface area (Å²) in [4.78, 5) is 15.6. The summed E-state index contributed by atoms with van der Waals surface area (Å²) >= 11 is 6.21. The number of anilines is 1. The highest BCUT2D eigenvalue weighted by atomic mass is 35.5. The fourth-order valence-corrected chi connectivity index (χ4v) is 7.27. The smallest absolute Gasteiger partial charge is 0.251 e. The number of rotatable bonds is 8. The molecule has 0 unspecified atom stereocenters. The average Bonchev–Trinajstić information content (AvgIpc) is 3.43. The second kappa shape index (κ2) is 11.6. The molecule has 0 aromatic heterocycles. The Kier molecular flexibility index (Phi) is 8.33. The number of carbonyl (C=O) groups is 1. The first kappa shape index (κ1) is 28.7. The number of halogens is 1. The molecule has 0 spiro atoms. The second-order valence-corrected chi connectivity index (χ2v) is 13.1. The first-order valence-electron chi connectivity index (χ1n) is 14.4. The van der Waals surface area contributed by atoms with Crippen molar-refractivity contribution in [2.45, 2.75) is 65.2 Å². The highest BCUT2D eigenvalue weighted by molar-refractivity contribution is 6.31. The summed E-state index contributed by atoms with van der Waals surface area (Å²) in [5, 5.41) is 16.2. The maximum Gasteiger partial charge on any atom is 0.251 e. The van der Waals surface area contributed by atoms with Crippen molar-refractivity contribution >= 4 is 23.2 Å². The molecule has 214 valence electrons. The van der Waals surface area contributed by atoms with Gasteiger partial charge in [-0.05, 0) is 74.7 Å². The molecule has 3 fully saturated rings. The molecule has 2 saturated heterocycles. The fourth-order valence-electron chi connectivity index (χ4n) is 7.05. The van der Waals surface area contributed by atoms with Gasteiger partial charge in [-0.2, -0.15) is 5.26 Å². The lowest BCUT2D eigenvalue weighted by Gasteiger charge is -2.63. The summed E-state index contributed by atoms with van der Waals surface area (Å²) < 4.78 is 12.6. The number of nitrogens with one attached hydrogen (secondary N) is 2. The summed E-state index contributed by atoms with van der Waals surface area (Å²) in [5.74, 6) is 1.22. The Morgan fingerprint density at radius 3 is 2.45 bits per heavy atom. The van der Waals surface area contributed by atoms with Gasteiger partial charge >= 0.3 is 0 Å². The van der Waals surface area contributed by atoms with Crippen LogP contribution in [-0.4, -0.2) is 56.9 Å². The number of carbonyl (C=O) groups excluding carboxylic acids is 1. The zero-order valence-corrected chi connectivity index (χ0v) is 24.8. The largest absolute Gasteiger partial charge is 0.489 e. The molecule has 5 rings (SSSR count). The van der Waals surface area contributed by atoms with E-state index in [-0.39, 0.29) is 35.0 Å². The Labute approximate surface area is 243 Å². The third-order valence-corrected chi connectivity index (χ3v) is 9.41. The van der Waals surface area contributed by atoms with E-state index in [0.717, 1.165) is 44.9 Å². The number of piperidine rings is 1. The van der Waals surface area contributed by atoms with Gasteiger partial charge in [0.05, 0.1) is 16.7 Å². The Morgan fingerprint density at radius 2 is 1.80 bits per heavy atom. The van der Waals surface area contributed by atoms with Gasteiger partial charge in [-0.3, -0.25) is 4.79 Å². The standard InChI is InChI=1S/C32H41ClN4O3/c1-31(2)29(32(3,4)30(31)40-25-10-7-23(18-34)27(33)17-25)36-28(38)22-5-8-24(9-6-22)37-16-13-26(19-37)39-20-21-11-14-35-15-12-21/h5-10,17,21,26,29-30,35H,11-16,19-20H2,1-4H3,(H,36,38)/t26-,29?,30?/m0/s1. The number of ether oxygens (including phenoxy) is 2. The summed E-state index contributed by atoms with van der Waals surface area (Å²) in [6.45, 7) is 13.4. The maximum atomic E-state index is 13.3. The molecule has 3 aliphatic rings. The number of amides is 1. The minimum Gasteiger partial charge on any atom is -0.489 e. The van der Waals surface area contributed by atoms with Gasteiger partial charge < -0.3 is 25.0 Å². The van der Waals surface area contributed by atoms with E-state index in [2.05, 4.69) is 49.3 Å². The number of benzene rings is 2. The summed E-state index contributed by atoms with van der Waals surface area (Å²) in [5.41, 5.74) is 1.58. The van der Waals surface area contributed by atoms with Crippen LogP contribution in [0, 0.1) is 28.1 Å². The van der Waals surface area contributed by atoms with E-state index >= 15 is 0 Å². The van der Waals surface area contributed by atoms with Gasteiger partial charge in [-0.1, -0.05) is 39.3 Å². The Morgan fingerprint density at radius 1 is 1.10 bits per heavy atom. The first-order valence-corrected chi connectivity index (χ1v) is 14.8. The van der Waals surface area contributed by atoms with Gasteiger partial charge in [0.2, 0.25) is 0 Å². The lowest BCUT2D eigenvalue weighted by Crippen LogP contribution is -2.74. The molecule has 8 heteroatoms. The fraction of sp³-hybridized carbons (Fsp3) is 0.562. The zero-order chi connectivity index (χ0) is 28.5. The molecule has 1 aliphatic carbocycles. The van der Waals surface area contributed by atoms with Crippen LogP contribution < -0.4 is 20.3 Å². The molecular weight excluding hydrogens is 524 g/mol. The molecule has 2 heterocycles. The van der Waals surface area contributed by atoms with Crippen LogP contribution >= 0.6 is 11.6 Å². The minimum atomic E-state index is -0.307. The number of hydrogen-bond acceptors (Lipinski definition) is 6. The lowest BCUT2D eigenvalue weighted by molar-refractivity contribution is -0.164. The Balaban J connectivity index is 1.15. The predicted molar refractivity (Wildman–Crippen MR) is 158 cm³/mol. The van der Waals surface area contributed by atoms with E-state index < -0.39 is 0 Å². The molecule has 0 radical (unpaired) electrons. The van der Waals surface area contributed by atoms with Gasteiger partial charge in [0.15, 0.2) is 0 Å².